The second-order valence-electron chi connectivity index (χ2n) is 3.04. The highest BCUT2D eigenvalue weighted by atomic mass is 18.2. The van der Waals surface area contributed by atoms with E-state index < -0.39 is 24.2 Å². The molecule has 0 unspecified atom stereocenters. The minimum Gasteiger partial charge on any atom is -0.480 e. The Morgan fingerprint density at radius 1 is 1.47 bits per heavy atom. The summed E-state index contributed by atoms with van der Waals surface area (Å²) >= 11 is 0. The first-order valence-electron chi connectivity index (χ1n) is 4.27. The molecule has 0 spiro atoms. The lowest BCUT2D eigenvalue weighted by Crippen LogP contribution is -2.29. The Hall–Kier alpha value is -1.91. The molecule has 0 atom stereocenters. The minimum absolute atomic E-state index is 0.149. The Kier molecular flexibility index (Phi) is 3.38. The molecule has 0 bridgehead atoms. The number of carbonyl (C=O) groups excluding carboxylic acids is 1. The van der Waals surface area contributed by atoms with Gasteiger partial charge in [0.25, 0.3) is 5.91 Å². The number of hydrogen-bond acceptors (Lipinski definition) is 2. The molecule has 0 fully saturated rings. The van der Waals surface area contributed by atoms with E-state index in [0.717, 1.165) is 6.07 Å². The van der Waals surface area contributed by atoms with Crippen LogP contribution in [0.3, 0.4) is 0 Å². The molecule has 0 saturated heterocycles. The Morgan fingerprint density at radius 2 is 2.13 bits per heavy atom. The fourth-order valence-corrected chi connectivity index (χ4v) is 1.09. The smallest absolute Gasteiger partial charge is 0.322 e. The number of carboxylic acid groups (broad SMARTS) is 1. The molecular weight excluding hydrogens is 200 g/mol. The van der Waals surface area contributed by atoms with Crippen LogP contribution in [0.1, 0.15) is 15.9 Å². The average Bonchev–Trinajstić information content (AvgIpc) is 2.18. The number of carbonyl (C=O) groups is 2. The van der Waals surface area contributed by atoms with Gasteiger partial charge >= 0.3 is 5.97 Å². The van der Waals surface area contributed by atoms with E-state index in [9.17, 15) is 14.0 Å². The van der Waals surface area contributed by atoms with Crippen molar-refractivity contribution in [1.82, 2.24) is 5.32 Å². The van der Waals surface area contributed by atoms with Crippen molar-refractivity contribution in [2.45, 2.75) is 6.92 Å². The summed E-state index contributed by atoms with van der Waals surface area (Å²) in [5.74, 6) is -2.26. The number of halogens is 1. The van der Waals surface area contributed by atoms with Crippen LogP contribution >= 0.6 is 0 Å². The second-order valence-corrected chi connectivity index (χ2v) is 3.04. The quantitative estimate of drug-likeness (QED) is 0.780. The Labute approximate surface area is 85.7 Å². The van der Waals surface area contributed by atoms with Crippen molar-refractivity contribution in [3.05, 3.63) is 35.1 Å². The van der Waals surface area contributed by atoms with E-state index in [2.05, 4.69) is 5.32 Å². The topological polar surface area (TPSA) is 66.4 Å². The number of carboxylic acids is 1. The molecule has 0 aliphatic carbocycles. The van der Waals surface area contributed by atoms with Crippen molar-refractivity contribution in [3.8, 4) is 0 Å². The second kappa shape index (κ2) is 4.54. The summed E-state index contributed by atoms with van der Waals surface area (Å²) in [4.78, 5) is 21.6. The zero-order chi connectivity index (χ0) is 11.4. The van der Waals surface area contributed by atoms with Crippen molar-refractivity contribution in [2.75, 3.05) is 6.54 Å². The Balaban J connectivity index is 2.81. The van der Waals surface area contributed by atoms with E-state index in [1.807, 2.05) is 0 Å². The van der Waals surface area contributed by atoms with E-state index in [0.29, 0.717) is 5.56 Å². The standard InChI is InChI=1S/C10H10FNO3/c1-6-2-3-7(11)4-8(6)10(15)12-5-9(13)14/h2-4H,5H2,1H3,(H,12,15)(H,13,14)/i11-1. The largest absolute Gasteiger partial charge is 0.480 e. The molecule has 0 saturated carbocycles. The fraction of sp³-hybridized carbons (Fsp3) is 0.200. The Morgan fingerprint density at radius 3 is 2.73 bits per heavy atom. The van der Waals surface area contributed by atoms with Gasteiger partial charge in [-0.1, -0.05) is 6.07 Å². The third-order valence-corrected chi connectivity index (χ3v) is 1.84. The summed E-state index contributed by atoms with van der Waals surface area (Å²) in [6.45, 7) is 1.17. The first-order valence-corrected chi connectivity index (χ1v) is 4.27. The molecule has 2 N–H and O–H groups in total. The van der Waals surface area contributed by atoms with E-state index in [4.69, 9.17) is 5.11 Å². The van der Waals surface area contributed by atoms with Gasteiger partial charge in [0.05, 0.1) is 0 Å². The number of aryl methyl sites for hydroxylation is 1. The molecule has 4 nitrogen and oxygen atoms in total. The van der Waals surface area contributed by atoms with Gasteiger partial charge in [-0.2, -0.15) is 0 Å². The van der Waals surface area contributed by atoms with E-state index in [1.165, 1.54) is 12.1 Å². The third kappa shape index (κ3) is 3.05. The molecule has 0 radical (unpaired) electrons. The SMILES string of the molecule is Cc1ccc([18F])cc1C(=O)NCC(=O)O. The monoisotopic (exact) mass is 210 g/mol. The average molecular weight is 210 g/mol. The van der Waals surface area contributed by atoms with Crippen molar-refractivity contribution < 1.29 is 19.1 Å². The number of nitrogens with one attached hydrogen (secondary N) is 1. The van der Waals surface area contributed by atoms with Crippen molar-refractivity contribution >= 4 is 11.9 Å². The van der Waals surface area contributed by atoms with Crippen LogP contribution in [-0.4, -0.2) is 23.5 Å². The van der Waals surface area contributed by atoms with Gasteiger partial charge in [-0.05, 0) is 24.6 Å². The molecule has 5 heteroatoms. The molecule has 80 valence electrons. The molecular formula is C10H10FNO3. The van der Waals surface area contributed by atoms with Crippen molar-refractivity contribution in [3.63, 3.8) is 0 Å². The maximum absolute atomic E-state index is 12.8. The zero-order valence-corrected chi connectivity index (χ0v) is 8.08. The summed E-state index contributed by atoms with van der Waals surface area (Å²) in [6, 6.07) is 3.78. The lowest BCUT2D eigenvalue weighted by Gasteiger charge is -2.05. The lowest BCUT2D eigenvalue weighted by atomic mass is 10.1. The molecule has 0 aliphatic rings. The molecule has 0 heterocycles. The Bertz CT molecular complexity index is 404. The van der Waals surface area contributed by atoms with Crippen LogP contribution in [-0.2, 0) is 4.79 Å². The van der Waals surface area contributed by atoms with Gasteiger partial charge in [0.1, 0.15) is 12.4 Å². The maximum Gasteiger partial charge on any atom is 0.322 e. The summed E-state index contributed by atoms with van der Waals surface area (Å²) in [5.41, 5.74) is 0.746. The van der Waals surface area contributed by atoms with Gasteiger partial charge in [0, 0.05) is 5.56 Å². The van der Waals surface area contributed by atoms with Gasteiger partial charge in [-0.25, -0.2) is 4.39 Å². The molecule has 0 aliphatic heterocycles. The molecule has 1 aromatic carbocycles. The number of rotatable bonds is 3. The normalized spacial score (nSPS) is 9.73. The molecule has 1 amide bonds. The highest BCUT2D eigenvalue weighted by Crippen LogP contribution is 2.09. The molecule has 1 aromatic rings. The fourth-order valence-electron chi connectivity index (χ4n) is 1.09. The van der Waals surface area contributed by atoms with Crippen LogP contribution in [0.5, 0.6) is 0 Å². The van der Waals surface area contributed by atoms with E-state index >= 15 is 0 Å². The zero-order valence-electron chi connectivity index (χ0n) is 8.08. The number of benzene rings is 1. The molecule has 1 rings (SSSR count). The van der Waals surface area contributed by atoms with Crippen LogP contribution in [0.2, 0.25) is 0 Å². The van der Waals surface area contributed by atoms with Crippen LogP contribution in [0.4, 0.5) is 4.39 Å². The number of amides is 1. The predicted molar refractivity (Wildman–Crippen MR) is 51.1 cm³/mol. The number of aliphatic carboxylic acids is 1. The third-order valence-electron chi connectivity index (χ3n) is 1.84. The first-order chi connectivity index (χ1) is 7.00. The van der Waals surface area contributed by atoms with Crippen molar-refractivity contribution in [1.29, 1.82) is 0 Å². The summed E-state index contributed by atoms with van der Waals surface area (Å²) in [5, 5.41) is 10.5. The lowest BCUT2D eigenvalue weighted by molar-refractivity contribution is -0.135. The van der Waals surface area contributed by atoms with Crippen LogP contribution in [0.25, 0.3) is 0 Å². The van der Waals surface area contributed by atoms with Crippen molar-refractivity contribution in [2.24, 2.45) is 0 Å². The highest BCUT2D eigenvalue weighted by Gasteiger charge is 2.10. The van der Waals surface area contributed by atoms with Crippen LogP contribution < -0.4 is 5.32 Å². The van der Waals surface area contributed by atoms with Gasteiger partial charge in [0.15, 0.2) is 0 Å². The van der Waals surface area contributed by atoms with E-state index in [1.54, 1.807) is 6.92 Å². The molecule has 0 aromatic heterocycles. The van der Waals surface area contributed by atoms with Gasteiger partial charge in [0.2, 0.25) is 0 Å². The maximum atomic E-state index is 12.8. The van der Waals surface area contributed by atoms with Gasteiger partial charge < -0.3 is 10.4 Å². The van der Waals surface area contributed by atoms with Crippen LogP contribution in [0.15, 0.2) is 18.2 Å². The van der Waals surface area contributed by atoms with Gasteiger partial charge in [-0.3, -0.25) is 9.59 Å². The minimum atomic E-state index is -1.14. The summed E-state index contributed by atoms with van der Waals surface area (Å²) in [6.07, 6.45) is 0. The van der Waals surface area contributed by atoms with Gasteiger partial charge in [-0.15, -0.1) is 0 Å². The highest BCUT2D eigenvalue weighted by molar-refractivity contribution is 5.97. The predicted octanol–water partition coefficient (Wildman–Crippen LogP) is 0.949. The molecule has 15 heavy (non-hydrogen) atoms. The summed E-state index contributed by atoms with van der Waals surface area (Å²) < 4.78 is 12.8. The summed E-state index contributed by atoms with van der Waals surface area (Å²) in [7, 11) is 0. The number of hydrogen-bond donors (Lipinski definition) is 2. The van der Waals surface area contributed by atoms with Crippen LogP contribution in [0, 0.1) is 12.7 Å². The first kappa shape index (κ1) is 11.2. The van der Waals surface area contributed by atoms with E-state index in [-0.39, 0.29) is 5.56 Å².